The highest BCUT2D eigenvalue weighted by molar-refractivity contribution is 5.83. The second-order valence-corrected chi connectivity index (χ2v) is 8.38. The number of para-hydroxylation sites is 1. The Morgan fingerprint density at radius 1 is 1.10 bits per heavy atom. The molecule has 0 aliphatic carbocycles. The van der Waals surface area contributed by atoms with E-state index in [1.807, 2.05) is 4.68 Å². The van der Waals surface area contributed by atoms with Crippen molar-refractivity contribution in [2.75, 3.05) is 6.54 Å². The van der Waals surface area contributed by atoms with E-state index in [2.05, 4.69) is 103 Å². The Bertz CT molecular complexity index is 1150. The fourth-order valence-corrected chi connectivity index (χ4v) is 4.36. The minimum Gasteiger partial charge on any atom is -0.361 e. The summed E-state index contributed by atoms with van der Waals surface area (Å²) in [5.41, 5.74) is 6.84. The normalized spacial score (nSPS) is 13.6. The average Bonchev–Trinajstić information content (AvgIpc) is 3.35. The Labute approximate surface area is 177 Å². The molecule has 2 aromatic carbocycles. The summed E-state index contributed by atoms with van der Waals surface area (Å²) < 4.78 is 1.91. The number of hydrogen-bond acceptors (Lipinski definition) is 4. The van der Waals surface area contributed by atoms with Gasteiger partial charge in [-0.1, -0.05) is 42.8 Å². The smallest absolute Gasteiger partial charge is 0.176 e. The number of tetrazole rings is 1. The van der Waals surface area contributed by atoms with Crippen LogP contribution in [0.25, 0.3) is 16.6 Å². The van der Waals surface area contributed by atoms with E-state index in [-0.39, 0.29) is 5.54 Å². The topological polar surface area (TPSA) is 71.4 Å². The van der Waals surface area contributed by atoms with Crippen LogP contribution in [-0.4, -0.2) is 31.7 Å². The zero-order valence-electron chi connectivity index (χ0n) is 18.5. The number of aromatic amines is 1. The number of hydrogen-bond donors (Lipinski definition) is 2. The first-order valence-electron chi connectivity index (χ1n) is 10.6. The van der Waals surface area contributed by atoms with Gasteiger partial charge >= 0.3 is 0 Å². The van der Waals surface area contributed by atoms with Crippen LogP contribution < -0.4 is 5.32 Å². The molecular formula is C24H30N6. The number of H-pyrrole nitrogens is 1. The first-order valence-corrected chi connectivity index (χ1v) is 10.6. The van der Waals surface area contributed by atoms with Crippen LogP contribution in [0.2, 0.25) is 0 Å². The SMILES string of the molecule is CCC(C)(NCCc1c[nH]c2ccccc12)c1nnnn1-c1c(C)cc(C)cc1C. The van der Waals surface area contributed by atoms with Gasteiger partial charge in [0.05, 0.1) is 11.2 Å². The molecule has 6 nitrogen and oxygen atoms in total. The first-order chi connectivity index (χ1) is 14.4. The van der Waals surface area contributed by atoms with Crippen molar-refractivity contribution in [3.05, 3.63) is 70.7 Å². The van der Waals surface area contributed by atoms with Crippen LogP contribution in [0.15, 0.2) is 42.6 Å². The van der Waals surface area contributed by atoms with E-state index in [1.165, 1.54) is 33.2 Å². The quantitative estimate of drug-likeness (QED) is 0.477. The van der Waals surface area contributed by atoms with E-state index in [4.69, 9.17) is 0 Å². The second kappa shape index (κ2) is 8.03. The molecule has 0 spiro atoms. The van der Waals surface area contributed by atoms with E-state index < -0.39 is 0 Å². The lowest BCUT2D eigenvalue weighted by Crippen LogP contribution is -2.42. The molecule has 0 amide bonds. The van der Waals surface area contributed by atoms with Gasteiger partial charge in [0.25, 0.3) is 0 Å². The van der Waals surface area contributed by atoms with Gasteiger partial charge in [0, 0.05) is 23.6 Å². The monoisotopic (exact) mass is 402 g/mol. The van der Waals surface area contributed by atoms with Crippen LogP contribution in [0, 0.1) is 20.8 Å². The van der Waals surface area contributed by atoms with Crippen LogP contribution in [0.4, 0.5) is 0 Å². The summed E-state index contributed by atoms with van der Waals surface area (Å²) in [5.74, 6) is 0.846. The number of aromatic nitrogens is 5. The van der Waals surface area contributed by atoms with Crippen molar-refractivity contribution in [3.63, 3.8) is 0 Å². The van der Waals surface area contributed by atoms with Gasteiger partial charge < -0.3 is 10.3 Å². The molecule has 2 aromatic heterocycles. The molecule has 0 radical (unpaired) electrons. The maximum atomic E-state index is 4.44. The Morgan fingerprint density at radius 2 is 1.83 bits per heavy atom. The average molecular weight is 403 g/mol. The van der Waals surface area contributed by atoms with Crippen molar-refractivity contribution in [1.82, 2.24) is 30.5 Å². The number of fused-ring (bicyclic) bond motifs is 1. The molecular weight excluding hydrogens is 372 g/mol. The van der Waals surface area contributed by atoms with Gasteiger partial charge in [0.15, 0.2) is 5.82 Å². The fourth-order valence-electron chi connectivity index (χ4n) is 4.36. The minimum absolute atomic E-state index is 0.334. The molecule has 156 valence electrons. The van der Waals surface area contributed by atoms with Gasteiger partial charge in [0.2, 0.25) is 0 Å². The highest BCUT2D eigenvalue weighted by atomic mass is 15.6. The second-order valence-electron chi connectivity index (χ2n) is 8.38. The standard InChI is InChI=1S/C24H30N6/c1-6-24(5,26-12-11-19-15-25-21-10-8-7-9-20(19)21)23-27-28-29-30(23)22-17(3)13-16(2)14-18(22)4/h7-10,13-15,25-26H,6,11-12H2,1-5H3. The molecule has 0 aliphatic heterocycles. The van der Waals surface area contributed by atoms with E-state index in [0.717, 1.165) is 30.9 Å². The molecule has 0 fully saturated rings. The predicted molar refractivity (Wildman–Crippen MR) is 121 cm³/mol. The van der Waals surface area contributed by atoms with E-state index in [0.29, 0.717) is 0 Å². The molecule has 4 aromatic rings. The number of rotatable bonds is 7. The van der Waals surface area contributed by atoms with Gasteiger partial charge in [-0.15, -0.1) is 5.10 Å². The van der Waals surface area contributed by atoms with Crippen molar-refractivity contribution in [1.29, 1.82) is 0 Å². The number of nitrogens with one attached hydrogen (secondary N) is 2. The van der Waals surface area contributed by atoms with Crippen LogP contribution in [0.5, 0.6) is 0 Å². The zero-order chi connectivity index (χ0) is 21.3. The van der Waals surface area contributed by atoms with Gasteiger partial charge in [-0.3, -0.25) is 0 Å². The van der Waals surface area contributed by atoms with Gasteiger partial charge in [0.1, 0.15) is 0 Å². The molecule has 1 unspecified atom stereocenters. The fraction of sp³-hybridized carbons (Fsp3) is 0.375. The molecule has 6 heteroatoms. The molecule has 30 heavy (non-hydrogen) atoms. The Kier molecular flexibility index (Phi) is 5.43. The third-order valence-electron chi connectivity index (χ3n) is 6.10. The number of nitrogens with zero attached hydrogens (tertiary/aromatic N) is 4. The molecule has 2 heterocycles. The van der Waals surface area contributed by atoms with Crippen molar-refractivity contribution in [2.45, 2.75) is 53.0 Å². The maximum absolute atomic E-state index is 4.44. The van der Waals surface area contributed by atoms with Crippen LogP contribution in [-0.2, 0) is 12.0 Å². The minimum atomic E-state index is -0.334. The summed E-state index contributed by atoms with van der Waals surface area (Å²) in [6, 6.07) is 12.8. The third kappa shape index (κ3) is 3.63. The molecule has 4 rings (SSSR count). The summed E-state index contributed by atoms with van der Waals surface area (Å²) in [7, 11) is 0. The molecule has 0 saturated heterocycles. The number of aryl methyl sites for hydroxylation is 3. The van der Waals surface area contributed by atoms with Gasteiger partial charge in [-0.2, -0.15) is 4.68 Å². The highest BCUT2D eigenvalue weighted by Crippen LogP contribution is 2.28. The lowest BCUT2D eigenvalue weighted by atomic mass is 9.96. The summed E-state index contributed by atoms with van der Waals surface area (Å²) in [5, 5.41) is 17.9. The maximum Gasteiger partial charge on any atom is 0.176 e. The molecule has 0 saturated carbocycles. The Morgan fingerprint density at radius 3 is 2.57 bits per heavy atom. The molecule has 0 bridgehead atoms. The van der Waals surface area contributed by atoms with Crippen molar-refractivity contribution < 1.29 is 0 Å². The Hall–Kier alpha value is -2.99. The first kappa shape index (κ1) is 20.3. The molecule has 0 aliphatic rings. The van der Waals surface area contributed by atoms with Crippen molar-refractivity contribution >= 4 is 10.9 Å². The summed E-state index contributed by atoms with van der Waals surface area (Å²) in [4.78, 5) is 3.36. The van der Waals surface area contributed by atoms with Gasteiger partial charge in [-0.25, -0.2) is 0 Å². The molecule has 1 atom stereocenters. The lowest BCUT2D eigenvalue weighted by Gasteiger charge is -2.29. The lowest BCUT2D eigenvalue weighted by molar-refractivity contribution is 0.329. The highest BCUT2D eigenvalue weighted by Gasteiger charge is 2.31. The summed E-state index contributed by atoms with van der Waals surface area (Å²) in [6.07, 6.45) is 3.92. The Balaban J connectivity index is 1.59. The van der Waals surface area contributed by atoms with Crippen LogP contribution in [0.3, 0.4) is 0 Å². The summed E-state index contributed by atoms with van der Waals surface area (Å²) >= 11 is 0. The van der Waals surface area contributed by atoms with E-state index in [9.17, 15) is 0 Å². The molecule has 2 N–H and O–H groups in total. The summed E-state index contributed by atoms with van der Waals surface area (Å²) in [6.45, 7) is 11.6. The largest absolute Gasteiger partial charge is 0.361 e. The van der Waals surface area contributed by atoms with Gasteiger partial charge in [-0.05, 0) is 73.7 Å². The van der Waals surface area contributed by atoms with Crippen molar-refractivity contribution in [3.8, 4) is 5.69 Å². The van der Waals surface area contributed by atoms with Crippen molar-refractivity contribution in [2.24, 2.45) is 0 Å². The third-order valence-corrected chi connectivity index (χ3v) is 6.10. The predicted octanol–water partition coefficient (Wildman–Crippen LogP) is 4.53. The zero-order valence-corrected chi connectivity index (χ0v) is 18.5. The number of benzene rings is 2. The van der Waals surface area contributed by atoms with Crippen LogP contribution >= 0.6 is 0 Å². The van der Waals surface area contributed by atoms with E-state index in [1.54, 1.807) is 0 Å². The van der Waals surface area contributed by atoms with Crippen LogP contribution in [0.1, 0.15) is 48.3 Å². The van der Waals surface area contributed by atoms with E-state index >= 15 is 0 Å².